The molecular weight excluding hydrogens is 267 g/mol. The molecule has 0 aliphatic heterocycles. The van der Waals surface area contributed by atoms with E-state index in [-0.39, 0.29) is 0 Å². The Kier molecular flexibility index (Phi) is 7.32. The molecule has 4 nitrogen and oxygen atoms in total. The van der Waals surface area contributed by atoms with E-state index in [1.54, 1.807) is 0 Å². The van der Waals surface area contributed by atoms with Crippen LogP contribution in [0, 0.1) is 45.3 Å². The molecule has 0 aromatic rings. The predicted molar refractivity (Wildman–Crippen MR) is 73.2 cm³/mol. The fourth-order valence-electron chi connectivity index (χ4n) is 1.99. The number of halogens is 1. The third-order valence-corrected chi connectivity index (χ3v) is 10.5. The minimum absolute atomic E-state index is 0.323. The van der Waals surface area contributed by atoms with Gasteiger partial charge in [0, 0.05) is 0 Å². The molecule has 0 fully saturated rings. The second-order valence-electron chi connectivity index (χ2n) is 4.35. The molecular formula is C12H16ClN4P. The van der Waals surface area contributed by atoms with Gasteiger partial charge in [-0.25, -0.2) is 0 Å². The molecule has 0 aromatic heterocycles. The van der Waals surface area contributed by atoms with Gasteiger partial charge in [0.05, 0.1) is 0 Å². The summed E-state index contributed by atoms with van der Waals surface area (Å²) in [6.45, 7) is 0. The van der Waals surface area contributed by atoms with Gasteiger partial charge in [-0.3, -0.25) is 0 Å². The zero-order valence-corrected chi connectivity index (χ0v) is 11.9. The van der Waals surface area contributed by atoms with Crippen LogP contribution in [-0.2, 0) is 0 Å². The van der Waals surface area contributed by atoms with Crippen molar-refractivity contribution in [3.63, 3.8) is 0 Å². The van der Waals surface area contributed by atoms with Crippen molar-refractivity contribution in [3.05, 3.63) is 0 Å². The molecule has 0 aliphatic carbocycles. The quantitative estimate of drug-likeness (QED) is 0.638. The topological polar surface area (TPSA) is 95.2 Å². The molecule has 0 heterocycles. The Morgan fingerprint density at radius 2 is 0.833 bits per heavy atom. The molecule has 0 N–H and O–H groups in total. The molecule has 0 bridgehead atoms. The summed E-state index contributed by atoms with van der Waals surface area (Å²) < 4.78 is 0. The molecule has 0 saturated heterocycles. The first kappa shape index (κ1) is 16.7. The Bertz CT molecular complexity index is 351. The van der Waals surface area contributed by atoms with Crippen LogP contribution in [0.1, 0.15) is 25.7 Å². The fraction of sp³-hybridized carbons (Fsp3) is 0.667. The Morgan fingerprint density at radius 1 is 0.611 bits per heavy atom. The molecule has 18 heavy (non-hydrogen) atoms. The van der Waals surface area contributed by atoms with Gasteiger partial charge in [-0.2, -0.15) is 0 Å². The summed E-state index contributed by atoms with van der Waals surface area (Å²) in [5.41, 5.74) is 0. The standard InChI is InChI=1S/C12H16ClN4P/c13-18(9-1-5-14,10-2-6-15,11-3-7-16)12-4-8-17/h1-4,9-12H2. The second-order valence-corrected chi connectivity index (χ2v) is 12.6. The summed E-state index contributed by atoms with van der Waals surface area (Å²) >= 11 is 6.84. The van der Waals surface area contributed by atoms with Crippen molar-refractivity contribution < 1.29 is 0 Å². The second kappa shape index (κ2) is 7.90. The van der Waals surface area contributed by atoms with Crippen LogP contribution in [0.15, 0.2) is 0 Å². The zero-order chi connectivity index (χ0) is 13.9. The van der Waals surface area contributed by atoms with Gasteiger partial charge in [0.25, 0.3) is 0 Å². The van der Waals surface area contributed by atoms with Gasteiger partial charge in [0.15, 0.2) is 0 Å². The van der Waals surface area contributed by atoms with Crippen LogP contribution in [-0.4, -0.2) is 24.6 Å². The summed E-state index contributed by atoms with van der Waals surface area (Å²) in [7, 11) is 0. The summed E-state index contributed by atoms with van der Waals surface area (Å²) in [4.78, 5) is 0. The van der Waals surface area contributed by atoms with Gasteiger partial charge < -0.3 is 0 Å². The van der Waals surface area contributed by atoms with E-state index in [9.17, 15) is 0 Å². The van der Waals surface area contributed by atoms with Crippen LogP contribution in [0.5, 0.6) is 0 Å². The average Bonchev–Trinajstić information content (AvgIpc) is 2.40. The van der Waals surface area contributed by atoms with E-state index < -0.39 is 5.96 Å². The Balaban J connectivity index is 5.11. The number of hydrogen-bond donors (Lipinski definition) is 0. The van der Waals surface area contributed by atoms with Crippen molar-refractivity contribution in [2.24, 2.45) is 0 Å². The van der Waals surface area contributed by atoms with Crippen LogP contribution in [0.3, 0.4) is 0 Å². The first-order valence-corrected chi connectivity index (χ1v) is 9.62. The number of nitriles is 4. The van der Waals surface area contributed by atoms with Crippen molar-refractivity contribution in [1.82, 2.24) is 0 Å². The monoisotopic (exact) mass is 282 g/mol. The van der Waals surface area contributed by atoms with Crippen molar-refractivity contribution in [1.29, 1.82) is 21.0 Å². The van der Waals surface area contributed by atoms with Crippen molar-refractivity contribution >= 4 is 17.2 Å². The average molecular weight is 283 g/mol. The van der Waals surface area contributed by atoms with E-state index in [1.165, 1.54) is 0 Å². The zero-order valence-electron chi connectivity index (χ0n) is 10.3. The van der Waals surface area contributed by atoms with Gasteiger partial charge in [-0.15, -0.1) is 0 Å². The van der Waals surface area contributed by atoms with E-state index in [0.717, 1.165) is 0 Å². The van der Waals surface area contributed by atoms with Gasteiger partial charge in [0.1, 0.15) is 0 Å². The summed E-state index contributed by atoms with van der Waals surface area (Å²) in [6, 6.07) is 8.31. The van der Waals surface area contributed by atoms with E-state index in [1.807, 2.05) is 0 Å². The van der Waals surface area contributed by atoms with E-state index in [4.69, 9.17) is 32.3 Å². The fourth-order valence-corrected chi connectivity index (χ4v) is 6.98. The van der Waals surface area contributed by atoms with Crippen LogP contribution in [0.4, 0.5) is 0 Å². The number of nitrogens with zero attached hydrogens (tertiary/aromatic N) is 4. The summed E-state index contributed by atoms with van der Waals surface area (Å²) in [5.74, 6) is -2.78. The third-order valence-electron chi connectivity index (χ3n) is 3.13. The minimum atomic E-state index is -2.78. The molecule has 0 saturated carbocycles. The van der Waals surface area contributed by atoms with Crippen molar-refractivity contribution in [3.8, 4) is 24.3 Å². The van der Waals surface area contributed by atoms with Gasteiger partial charge in [-0.05, 0) is 0 Å². The van der Waals surface area contributed by atoms with Gasteiger partial charge in [0.2, 0.25) is 0 Å². The first-order valence-electron chi connectivity index (χ1n) is 5.74. The number of rotatable bonds is 8. The normalized spacial score (nSPS) is 12.2. The molecule has 0 aliphatic rings. The molecule has 0 radical (unpaired) electrons. The molecule has 0 amide bonds. The van der Waals surface area contributed by atoms with Crippen LogP contribution in [0.25, 0.3) is 0 Å². The molecule has 0 unspecified atom stereocenters. The van der Waals surface area contributed by atoms with E-state index >= 15 is 0 Å². The molecule has 6 heteroatoms. The Labute approximate surface area is 113 Å². The van der Waals surface area contributed by atoms with Crippen molar-refractivity contribution in [2.45, 2.75) is 25.7 Å². The predicted octanol–water partition coefficient (Wildman–Crippen LogP) is 3.35. The van der Waals surface area contributed by atoms with E-state index in [2.05, 4.69) is 24.3 Å². The Hall–Kier alpha value is -1.32. The maximum atomic E-state index is 8.74. The van der Waals surface area contributed by atoms with E-state index in [0.29, 0.717) is 50.3 Å². The molecule has 0 rings (SSSR count). The van der Waals surface area contributed by atoms with Crippen LogP contribution >= 0.6 is 17.2 Å². The SMILES string of the molecule is N#CCCP(Cl)(CCC#N)(CCC#N)CCC#N. The number of hydrogen-bond acceptors (Lipinski definition) is 4. The molecule has 0 aromatic carbocycles. The molecule has 96 valence electrons. The van der Waals surface area contributed by atoms with Crippen LogP contribution in [0.2, 0.25) is 0 Å². The third kappa shape index (κ3) is 5.34. The molecule has 0 spiro atoms. The summed E-state index contributed by atoms with van der Waals surface area (Å²) in [5, 5.41) is 35.0. The van der Waals surface area contributed by atoms with Crippen LogP contribution < -0.4 is 0 Å². The molecule has 0 atom stereocenters. The summed E-state index contributed by atoms with van der Waals surface area (Å²) in [6.07, 6.45) is 3.44. The van der Waals surface area contributed by atoms with Gasteiger partial charge >= 0.3 is 113 Å². The van der Waals surface area contributed by atoms with Crippen molar-refractivity contribution in [2.75, 3.05) is 24.6 Å². The first-order chi connectivity index (χ1) is 8.54. The maximum absolute atomic E-state index is 8.74. The Morgan fingerprint density at radius 3 is 1.00 bits per heavy atom. The van der Waals surface area contributed by atoms with Gasteiger partial charge in [-0.1, -0.05) is 0 Å².